The van der Waals surface area contributed by atoms with E-state index in [0.717, 1.165) is 18.2 Å². The number of aliphatic carboxylic acids is 1. The van der Waals surface area contributed by atoms with Crippen LogP contribution < -0.4 is 10.6 Å². The summed E-state index contributed by atoms with van der Waals surface area (Å²) in [5.41, 5.74) is 1.96. The monoisotopic (exact) mass is 491 g/mol. The summed E-state index contributed by atoms with van der Waals surface area (Å²) in [5.74, 6) is -5.22. The maximum Gasteiger partial charge on any atom is 0.393 e. The molecule has 0 saturated carbocycles. The van der Waals surface area contributed by atoms with Crippen molar-refractivity contribution < 1.29 is 32.7 Å². The summed E-state index contributed by atoms with van der Waals surface area (Å²) in [4.78, 5) is 37.4. The Morgan fingerprint density at radius 2 is 1.91 bits per heavy atom. The maximum absolute atomic E-state index is 13.6. The first-order valence-corrected chi connectivity index (χ1v) is 11.7. The van der Waals surface area contributed by atoms with E-state index in [4.69, 9.17) is 0 Å². The van der Waals surface area contributed by atoms with Gasteiger partial charge in [-0.3, -0.25) is 14.4 Å². The van der Waals surface area contributed by atoms with Crippen LogP contribution in [-0.2, 0) is 22.6 Å². The van der Waals surface area contributed by atoms with Gasteiger partial charge in [0.25, 0.3) is 5.91 Å². The molecule has 1 amide bonds. The molecule has 2 heterocycles. The average molecular weight is 492 g/mol. The van der Waals surface area contributed by atoms with Gasteiger partial charge in [-0.2, -0.15) is 13.2 Å². The third kappa shape index (κ3) is 5.27. The number of ketones is 1. The topological polar surface area (TPSA) is 100 Å². The van der Waals surface area contributed by atoms with Gasteiger partial charge >= 0.3 is 12.1 Å². The fraction of sp³-hybridized carbons (Fsp3) is 0.480. The SMILES string of the molecule is CC(C(CN[C@H]1CCc2ccn3c2C1C(=O)C[C@H](C(=O)O)C3)NC(=O)c1ccccc1)C(F)(F)F. The Labute approximate surface area is 200 Å². The molecule has 1 aromatic carbocycles. The quantitative estimate of drug-likeness (QED) is 0.553. The zero-order valence-electron chi connectivity index (χ0n) is 19.2. The van der Waals surface area contributed by atoms with Crippen LogP contribution in [0.4, 0.5) is 13.2 Å². The Morgan fingerprint density at radius 1 is 1.20 bits per heavy atom. The molecule has 188 valence electrons. The number of carboxylic acids is 1. The first kappa shape index (κ1) is 25.0. The van der Waals surface area contributed by atoms with Gasteiger partial charge in [0.2, 0.25) is 0 Å². The van der Waals surface area contributed by atoms with Crippen LogP contribution in [0.5, 0.6) is 0 Å². The van der Waals surface area contributed by atoms with Gasteiger partial charge < -0.3 is 20.3 Å². The normalized spacial score (nSPS) is 23.7. The third-order valence-electron chi connectivity index (χ3n) is 7.15. The fourth-order valence-corrected chi connectivity index (χ4v) is 5.08. The standard InChI is InChI=1S/C25H28F3N3O4/c1-14(25(26,27)28)19(30-23(33)16-5-3-2-4-6-16)12-29-18-8-7-15-9-10-31-13-17(24(34)35)11-20(32)21(18)22(15)31/h2-6,9-10,14,17-19,21,29H,7-8,11-13H2,1H3,(H,30,33)(H,34,35)/t14?,17-,18-,19?,21?/m0/s1. The van der Waals surface area contributed by atoms with Crippen LogP contribution >= 0.6 is 0 Å². The number of carboxylic acid groups (broad SMARTS) is 1. The molecule has 3 unspecified atom stereocenters. The highest BCUT2D eigenvalue weighted by Gasteiger charge is 2.44. The Morgan fingerprint density at radius 3 is 2.57 bits per heavy atom. The number of hydrogen-bond donors (Lipinski definition) is 3. The van der Waals surface area contributed by atoms with Crippen molar-refractivity contribution in [1.82, 2.24) is 15.2 Å². The Hall–Kier alpha value is -3.14. The predicted molar refractivity (Wildman–Crippen MR) is 121 cm³/mol. The summed E-state index contributed by atoms with van der Waals surface area (Å²) in [6.45, 7) is 1.02. The molecule has 3 N–H and O–H groups in total. The molecule has 2 aromatic rings. The van der Waals surface area contributed by atoms with Crippen molar-refractivity contribution in [3.05, 3.63) is 59.4 Å². The molecular formula is C25H28F3N3O4. The summed E-state index contributed by atoms with van der Waals surface area (Å²) in [7, 11) is 0. The molecular weight excluding hydrogens is 463 g/mol. The second-order valence-electron chi connectivity index (χ2n) is 9.39. The summed E-state index contributed by atoms with van der Waals surface area (Å²) in [5, 5.41) is 15.2. The third-order valence-corrected chi connectivity index (χ3v) is 7.15. The minimum Gasteiger partial charge on any atom is -0.481 e. The van der Waals surface area contributed by atoms with Gasteiger partial charge in [0.15, 0.2) is 0 Å². The number of hydrogen-bond acceptors (Lipinski definition) is 4. The molecule has 0 spiro atoms. The number of amides is 1. The van der Waals surface area contributed by atoms with Gasteiger partial charge in [-0.05, 0) is 36.6 Å². The van der Waals surface area contributed by atoms with Crippen LogP contribution in [0.1, 0.15) is 47.3 Å². The number of alkyl halides is 3. The highest BCUT2D eigenvalue weighted by molar-refractivity contribution is 5.94. The van der Waals surface area contributed by atoms with E-state index in [2.05, 4.69) is 10.6 Å². The molecule has 1 aromatic heterocycles. The van der Waals surface area contributed by atoms with Gasteiger partial charge in [0, 0.05) is 43.0 Å². The lowest BCUT2D eigenvalue weighted by molar-refractivity contribution is -0.176. The number of benzene rings is 1. The number of aryl methyl sites for hydroxylation is 1. The molecule has 4 rings (SSSR count). The van der Waals surface area contributed by atoms with Crippen molar-refractivity contribution >= 4 is 17.7 Å². The van der Waals surface area contributed by atoms with E-state index in [1.165, 1.54) is 12.1 Å². The Bertz CT molecular complexity index is 1100. The van der Waals surface area contributed by atoms with E-state index < -0.39 is 47.9 Å². The van der Waals surface area contributed by atoms with Gasteiger partial charge in [-0.25, -0.2) is 0 Å². The van der Waals surface area contributed by atoms with Gasteiger partial charge in [-0.1, -0.05) is 25.1 Å². The van der Waals surface area contributed by atoms with E-state index in [0.29, 0.717) is 12.8 Å². The lowest BCUT2D eigenvalue weighted by atomic mass is 9.79. The number of carbonyl (C=O) groups is 3. The van der Waals surface area contributed by atoms with E-state index in [9.17, 15) is 32.7 Å². The number of Topliss-reactive ketones (excluding diaryl/α,β-unsaturated/α-hetero) is 1. The Balaban J connectivity index is 1.54. The zero-order valence-corrected chi connectivity index (χ0v) is 19.2. The first-order valence-electron chi connectivity index (χ1n) is 11.7. The van der Waals surface area contributed by atoms with Gasteiger partial charge in [-0.15, -0.1) is 0 Å². The van der Waals surface area contributed by atoms with E-state index in [-0.39, 0.29) is 30.9 Å². The molecule has 0 fully saturated rings. The zero-order chi connectivity index (χ0) is 25.3. The lowest BCUT2D eigenvalue weighted by Gasteiger charge is -2.34. The number of carbonyl (C=O) groups excluding carboxylic acids is 2. The van der Waals surface area contributed by atoms with Crippen molar-refractivity contribution in [1.29, 1.82) is 0 Å². The molecule has 2 aliphatic rings. The van der Waals surface area contributed by atoms with Crippen LogP contribution in [0.25, 0.3) is 0 Å². The molecule has 7 nitrogen and oxygen atoms in total. The molecule has 0 radical (unpaired) electrons. The van der Waals surface area contributed by atoms with Crippen molar-refractivity contribution in [3.8, 4) is 0 Å². The molecule has 1 aliphatic carbocycles. The molecule has 10 heteroatoms. The summed E-state index contributed by atoms with van der Waals surface area (Å²) < 4.78 is 42.7. The number of nitrogens with one attached hydrogen (secondary N) is 2. The van der Waals surface area contributed by atoms with Crippen LogP contribution in [0.15, 0.2) is 42.6 Å². The molecule has 5 atom stereocenters. The summed E-state index contributed by atoms with van der Waals surface area (Å²) in [6, 6.07) is 8.18. The van der Waals surface area contributed by atoms with Crippen LogP contribution in [0.3, 0.4) is 0 Å². The van der Waals surface area contributed by atoms with Crippen molar-refractivity contribution in [3.63, 3.8) is 0 Å². The van der Waals surface area contributed by atoms with Gasteiger partial charge in [0.05, 0.1) is 23.8 Å². The number of aromatic nitrogens is 1. The van der Waals surface area contributed by atoms with Gasteiger partial charge in [0.1, 0.15) is 5.78 Å². The molecule has 1 aliphatic heterocycles. The van der Waals surface area contributed by atoms with E-state index in [1.54, 1.807) is 29.0 Å². The minimum absolute atomic E-state index is 0.133. The summed E-state index contributed by atoms with van der Waals surface area (Å²) in [6.07, 6.45) is -1.74. The van der Waals surface area contributed by atoms with Crippen molar-refractivity contribution in [2.24, 2.45) is 11.8 Å². The maximum atomic E-state index is 13.6. The second-order valence-corrected chi connectivity index (χ2v) is 9.39. The second kappa shape index (κ2) is 9.85. The Kier molecular flexibility index (Phi) is 7.02. The predicted octanol–water partition coefficient (Wildman–Crippen LogP) is 3.15. The van der Waals surface area contributed by atoms with Crippen molar-refractivity contribution in [2.75, 3.05) is 6.54 Å². The lowest BCUT2D eigenvalue weighted by Crippen LogP contribution is -2.53. The molecule has 35 heavy (non-hydrogen) atoms. The minimum atomic E-state index is -4.53. The van der Waals surface area contributed by atoms with Crippen LogP contribution in [0, 0.1) is 11.8 Å². The van der Waals surface area contributed by atoms with Crippen LogP contribution in [0.2, 0.25) is 0 Å². The largest absolute Gasteiger partial charge is 0.481 e. The number of halogens is 3. The van der Waals surface area contributed by atoms with E-state index in [1.807, 2.05) is 6.07 Å². The summed E-state index contributed by atoms with van der Waals surface area (Å²) >= 11 is 0. The molecule has 0 saturated heterocycles. The average Bonchev–Trinajstić information content (AvgIpc) is 3.15. The number of nitrogens with zero attached hydrogens (tertiary/aromatic N) is 1. The van der Waals surface area contributed by atoms with Crippen molar-refractivity contribution in [2.45, 2.75) is 56.9 Å². The smallest absolute Gasteiger partial charge is 0.393 e. The first-order chi connectivity index (χ1) is 16.6. The van der Waals surface area contributed by atoms with E-state index >= 15 is 0 Å². The highest BCUT2D eigenvalue weighted by atomic mass is 19.4. The van der Waals surface area contributed by atoms with Crippen LogP contribution in [-0.4, -0.2) is 52.1 Å². The fourth-order valence-electron chi connectivity index (χ4n) is 5.08. The highest BCUT2D eigenvalue weighted by Crippen LogP contribution is 2.38. The number of rotatable bonds is 7. The molecule has 0 bridgehead atoms.